The van der Waals surface area contributed by atoms with Crippen LogP contribution >= 0.6 is 11.5 Å². The minimum atomic E-state index is -1.31. The van der Waals surface area contributed by atoms with Gasteiger partial charge in [-0.1, -0.05) is 11.4 Å². The largest absolute Gasteiger partial charge is 0.393 e. The highest BCUT2D eigenvalue weighted by atomic mass is 32.1. The number of hydrogen-bond donors (Lipinski definition) is 3. The van der Waals surface area contributed by atoms with Crippen molar-refractivity contribution in [2.45, 2.75) is 25.9 Å². The van der Waals surface area contributed by atoms with Gasteiger partial charge in [0.05, 0.1) is 12.3 Å². The molecule has 0 spiro atoms. The lowest BCUT2D eigenvalue weighted by molar-refractivity contribution is 0.00322. The van der Waals surface area contributed by atoms with Gasteiger partial charge in [0, 0.05) is 6.54 Å². The SMILES string of the molecule is CCc1nnsc1C(=O)NCC(C)(O)CO. The summed E-state index contributed by atoms with van der Waals surface area (Å²) in [6.45, 7) is 2.91. The number of carbonyl (C=O) groups is 1. The van der Waals surface area contributed by atoms with E-state index in [2.05, 4.69) is 14.9 Å². The van der Waals surface area contributed by atoms with Crippen LogP contribution < -0.4 is 5.32 Å². The first-order chi connectivity index (χ1) is 7.50. The lowest BCUT2D eigenvalue weighted by Gasteiger charge is -2.20. The maximum atomic E-state index is 11.7. The van der Waals surface area contributed by atoms with Crippen LogP contribution in [0.25, 0.3) is 0 Å². The molecule has 1 amide bonds. The Morgan fingerprint density at radius 3 is 2.88 bits per heavy atom. The van der Waals surface area contributed by atoms with Crippen LogP contribution in [0.2, 0.25) is 0 Å². The number of hydrogen-bond acceptors (Lipinski definition) is 6. The first-order valence-electron chi connectivity index (χ1n) is 4.93. The number of nitrogens with one attached hydrogen (secondary N) is 1. The van der Waals surface area contributed by atoms with E-state index in [0.29, 0.717) is 17.0 Å². The van der Waals surface area contributed by atoms with Crippen molar-refractivity contribution in [3.8, 4) is 0 Å². The average molecular weight is 245 g/mol. The number of nitrogens with zero attached hydrogens (tertiary/aromatic N) is 2. The van der Waals surface area contributed by atoms with Crippen LogP contribution in [0, 0.1) is 0 Å². The third-order valence-corrected chi connectivity index (χ3v) is 2.83. The highest BCUT2D eigenvalue weighted by molar-refractivity contribution is 7.08. The zero-order valence-electron chi connectivity index (χ0n) is 9.23. The number of aromatic nitrogens is 2. The molecule has 0 radical (unpaired) electrons. The van der Waals surface area contributed by atoms with Gasteiger partial charge in [0.25, 0.3) is 5.91 Å². The Morgan fingerprint density at radius 2 is 2.31 bits per heavy atom. The van der Waals surface area contributed by atoms with E-state index in [-0.39, 0.29) is 12.5 Å². The molecule has 0 aliphatic carbocycles. The van der Waals surface area contributed by atoms with E-state index in [1.165, 1.54) is 6.92 Å². The molecular weight excluding hydrogens is 230 g/mol. The van der Waals surface area contributed by atoms with E-state index in [1.807, 2.05) is 6.92 Å². The molecule has 1 aromatic rings. The van der Waals surface area contributed by atoms with Crippen molar-refractivity contribution in [2.24, 2.45) is 0 Å². The van der Waals surface area contributed by atoms with Crippen LogP contribution in [0.3, 0.4) is 0 Å². The number of aliphatic hydroxyl groups excluding tert-OH is 1. The summed E-state index contributed by atoms with van der Waals surface area (Å²) in [6.07, 6.45) is 0.635. The summed E-state index contributed by atoms with van der Waals surface area (Å²) in [6, 6.07) is 0. The second-order valence-corrected chi connectivity index (χ2v) is 4.49. The van der Waals surface area contributed by atoms with Gasteiger partial charge in [0.15, 0.2) is 0 Å². The maximum Gasteiger partial charge on any atom is 0.265 e. The second kappa shape index (κ2) is 5.33. The van der Waals surface area contributed by atoms with Crippen LogP contribution in [0.15, 0.2) is 0 Å². The van der Waals surface area contributed by atoms with Crippen LogP contribution in [0.4, 0.5) is 0 Å². The third-order valence-electron chi connectivity index (χ3n) is 2.07. The van der Waals surface area contributed by atoms with Gasteiger partial charge >= 0.3 is 0 Å². The van der Waals surface area contributed by atoms with Gasteiger partial charge in [-0.3, -0.25) is 4.79 Å². The average Bonchev–Trinajstić information content (AvgIpc) is 2.74. The molecule has 1 unspecified atom stereocenters. The summed E-state index contributed by atoms with van der Waals surface area (Å²) in [5.41, 5.74) is -0.661. The number of aliphatic hydroxyl groups is 2. The molecule has 0 saturated carbocycles. The molecule has 16 heavy (non-hydrogen) atoms. The molecule has 6 nitrogen and oxygen atoms in total. The second-order valence-electron chi connectivity index (χ2n) is 3.74. The highest BCUT2D eigenvalue weighted by Crippen LogP contribution is 2.11. The highest BCUT2D eigenvalue weighted by Gasteiger charge is 2.22. The maximum absolute atomic E-state index is 11.7. The molecule has 7 heteroatoms. The Kier molecular flexibility index (Phi) is 4.34. The van der Waals surface area contributed by atoms with E-state index in [4.69, 9.17) is 5.11 Å². The van der Waals surface area contributed by atoms with E-state index < -0.39 is 12.2 Å². The number of amides is 1. The van der Waals surface area contributed by atoms with Gasteiger partial charge in [0.1, 0.15) is 10.5 Å². The summed E-state index contributed by atoms with van der Waals surface area (Å²) in [4.78, 5) is 12.1. The Bertz CT molecular complexity index is 365. The Hall–Kier alpha value is -1.05. The van der Waals surface area contributed by atoms with Crippen molar-refractivity contribution in [3.63, 3.8) is 0 Å². The Labute approximate surface area is 97.5 Å². The molecule has 0 aliphatic rings. The fourth-order valence-electron chi connectivity index (χ4n) is 1.02. The van der Waals surface area contributed by atoms with Crippen molar-refractivity contribution < 1.29 is 15.0 Å². The molecule has 3 N–H and O–H groups in total. The van der Waals surface area contributed by atoms with Crippen molar-refractivity contribution in [2.75, 3.05) is 13.2 Å². The smallest absolute Gasteiger partial charge is 0.265 e. The zero-order valence-corrected chi connectivity index (χ0v) is 10.0. The van der Waals surface area contributed by atoms with Gasteiger partial charge in [-0.2, -0.15) is 0 Å². The van der Waals surface area contributed by atoms with Gasteiger partial charge in [0.2, 0.25) is 0 Å². The molecule has 1 rings (SSSR count). The van der Waals surface area contributed by atoms with E-state index in [9.17, 15) is 9.90 Å². The summed E-state index contributed by atoms with van der Waals surface area (Å²) in [7, 11) is 0. The number of carbonyl (C=O) groups excluding carboxylic acids is 1. The first kappa shape index (κ1) is 13.0. The van der Waals surface area contributed by atoms with Gasteiger partial charge < -0.3 is 15.5 Å². The molecule has 0 bridgehead atoms. The molecule has 0 saturated heterocycles. The summed E-state index contributed by atoms with van der Waals surface area (Å²) in [5.74, 6) is -0.319. The number of aryl methyl sites for hydroxylation is 1. The van der Waals surface area contributed by atoms with Gasteiger partial charge in [-0.25, -0.2) is 0 Å². The Morgan fingerprint density at radius 1 is 1.62 bits per heavy atom. The monoisotopic (exact) mass is 245 g/mol. The minimum Gasteiger partial charge on any atom is -0.393 e. The molecular formula is C9H15N3O3S. The molecule has 0 fully saturated rings. The molecule has 1 atom stereocenters. The van der Waals surface area contributed by atoms with Gasteiger partial charge in [-0.15, -0.1) is 5.10 Å². The predicted octanol–water partition coefficient (Wildman–Crippen LogP) is -0.426. The molecule has 1 aromatic heterocycles. The van der Waals surface area contributed by atoms with E-state index in [0.717, 1.165) is 11.5 Å². The fourth-order valence-corrected chi connectivity index (χ4v) is 1.69. The lowest BCUT2D eigenvalue weighted by atomic mass is 10.1. The summed E-state index contributed by atoms with van der Waals surface area (Å²) < 4.78 is 3.70. The van der Waals surface area contributed by atoms with E-state index >= 15 is 0 Å². The molecule has 90 valence electrons. The van der Waals surface area contributed by atoms with Crippen LogP contribution in [-0.4, -0.2) is 44.5 Å². The van der Waals surface area contributed by atoms with Gasteiger partial charge in [-0.05, 0) is 24.9 Å². The molecule has 1 heterocycles. The molecule has 0 aliphatic heterocycles. The topological polar surface area (TPSA) is 95.3 Å². The third kappa shape index (κ3) is 3.22. The van der Waals surface area contributed by atoms with E-state index in [1.54, 1.807) is 0 Å². The lowest BCUT2D eigenvalue weighted by Crippen LogP contribution is -2.43. The van der Waals surface area contributed by atoms with Crippen molar-refractivity contribution >= 4 is 17.4 Å². The van der Waals surface area contributed by atoms with Crippen molar-refractivity contribution in [3.05, 3.63) is 10.6 Å². The number of rotatable bonds is 5. The minimum absolute atomic E-state index is 0.0105. The van der Waals surface area contributed by atoms with Crippen LogP contribution in [0.1, 0.15) is 29.2 Å². The van der Waals surface area contributed by atoms with Crippen molar-refractivity contribution in [1.82, 2.24) is 14.9 Å². The summed E-state index contributed by atoms with van der Waals surface area (Å²) >= 11 is 1.02. The van der Waals surface area contributed by atoms with Crippen LogP contribution in [-0.2, 0) is 6.42 Å². The zero-order chi connectivity index (χ0) is 12.2. The Balaban J connectivity index is 2.60. The van der Waals surface area contributed by atoms with Crippen molar-refractivity contribution in [1.29, 1.82) is 0 Å². The predicted molar refractivity (Wildman–Crippen MR) is 59.3 cm³/mol. The summed E-state index contributed by atoms with van der Waals surface area (Å²) in [5, 5.41) is 24.7. The van der Waals surface area contributed by atoms with Crippen LogP contribution in [0.5, 0.6) is 0 Å². The fraction of sp³-hybridized carbons (Fsp3) is 0.667. The first-order valence-corrected chi connectivity index (χ1v) is 5.70. The molecule has 0 aromatic carbocycles. The standard InChI is InChI=1S/C9H15N3O3S/c1-3-6-7(16-12-11-6)8(14)10-4-9(2,15)5-13/h13,15H,3-5H2,1-2H3,(H,10,14). The normalized spacial score (nSPS) is 14.5. The quantitative estimate of drug-likeness (QED) is 0.654.